The zero-order valence-electron chi connectivity index (χ0n) is 14.8. The van der Waals surface area contributed by atoms with Gasteiger partial charge in [0, 0.05) is 43.4 Å². The molecule has 1 N–H and O–H groups in total. The highest BCUT2D eigenvalue weighted by Gasteiger charge is 2.19. The maximum atomic E-state index is 13.0. The average Bonchev–Trinajstić information content (AvgIpc) is 2.63. The van der Waals surface area contributed by atoms with E-state index in [2.05, 4.69) is 9.80 Å². The van der Waals surface area contributed by atoms with E-state index in [9.17, 15) is 9.50 Å². The van der Waals surface area contributed by atoms with Gasteiger partial charge in [0.05, 0.1) is 0 Å². The second kappa shape index (κ2) is 11.6. The van der Waals surface area contributed by atoms with Crippen LogP contribution in [0.2, 0.25) is 5.02 Å². The number of rotatable bonds is 6. The Morgan fingerprint density at radius 1 is 0.963 bits per heavy atom. The van der Waals surface area contributed by atoms with Crippen molar-refractivity contribution in [3.05, 3.63) is 59.4 Å². The summed E-state index contributed by atoms with van der Waals surface area (Å²) in [6, 6.07) is 13.7. The Morgan fingerprint density at radius 2 is 1.56 bits per heavy atom. The largest absolute Gasteiger partial charge is 0.491 e. The van der Waals surface area contributed by atoms with Gasteiger partial charge in [-0.15, -0.1) is 24.8 Å². The van der Waals surface area contributed by atoms with Crippen LogP contribution < -0.4 is 9.64 Å². The molecule has 1 atom stereocenters. The summed E-state index contributed by atoms with van der Waals surface area (Å²) in [6.07, 6.45) is -0.548. The molecule has 0 radical (unpaired) electrons. The maximum Gasteiger partial charge on any atom is 0.123 e. The molecule has 0 amide bonds. The molecule has 1 unspecified atom stereocenters. The van der Waals surface area contributed by atoms with Gasteiger partial charge in [0.2, 0.25) is 0 Å². The predicted octanol–water partition coefficient (Wildman–Crippen LogP) is 3.88. The van der Waals surface area contributed by atoms with Crippen LogP contribution in [-0.2, 0) is 0 Å². The number of hydrogen-bond donors (Lipinski definition) is 1. The Labute approximate surface area is 176 Å². The molecule has 1 aliphatic heterocycles. The normalized spacial score (nSPS) is 15.4. The Kier molecular flexibility index (Phi) is 10.2. The third-order valence-corrected chi connectivity index (χ3v) is 4.54. The van der Waals surface area contributed by atoms with Crippen LogP contribution in [-0.4, -0.2) is 55.4 Å². The molecule has 0 spiro atoms. The number of ether oxygens (including phenoxy) is 1. The van der Waals surface area contributed by atoms with Gasteiger partial charge in [-0.25, -0.2) is 4.39 Å². The van der Waals surface area contributed by atoms with Gasteiger partial charge in [0.1, 0.15) is 24.3 Å². The third-order valence-electron chi connectivity index (χ3n) is 4.29. The van der Waals surface area contributed by atoms with Gasteiger partial charge in [0.25, 0.3) is 0 Å². The lowest BCUT2D eigenvalue weighted by atomic mass is 10.2. The maximum absolute atomic E-state index is 13.0. The van der Waals surface area contributed by atoms with Crippen LogP contribution in [0.3, 0.4) is 0 Å². The lowest BCUT2D eigenvalue weighted by molar-refractivity contribution is 0.0663. The first-order valence-corrected chi connectivity index (χ1v) is 8.77. The van der Waals surface area contributed by atoms with Gasteiger partial charge in [-0.2, -0.15) is 0 Å². The molecule has 8 heteroatoms. The van der Waals surface area contributed by atoms with E-state index in [0.717, 1.165) is 31.9 Å². The molecule has 1 heterocycles. The van der Waals surface area contributed by atoms with Crippen LogP contribution in [0.1, 0.15) is 0 Å². The SMILES string of the molecule is Cl.Cl.OC(COc1ccc(Cl)cc1)CN1CCN(c2ccc(F)cc2)CC1. The molecule has 4 nitrogen and oxygen atoms in total. The highest BCUT2D eigenvalue weighted by molar-refractivity contribution is 6.30. The zero-order valence-corrected chi connectivity index (χ0v) is 17.2. The van der Waals surface area contributed by atoms with Crippen LogP contribution in [0, 0.1) is 5.82 Å². The third kappa shape index (κ3) is 7.35. The van der Waals surface area contributed by atoms with Crippen molar-refractivity contribution in [2.75, 3.05) is 44.2 Å². The number of aliphatic hydroxyl groups excluding tert-OH is 1. The molecular formula is C19H24Cl3FN2O2. The standard InChI is InChI=1S/C19H22ClFN2O2.2ClH/c20-15-1-7-19(8-2-15)25-14-18(24)13-22-9-11-23(12-10-22)17-5-3-16(21)4-6-17;;/h1-8,18,24H,9-14H2;2*1H. The second-order valence-electron chi connectivity index (χ2n) is 6.18. The highest BCUT2D eigenvalue weighted by Crippen LogP contribution is 2.18. The fourth-order valence-electron chi connectivity index (χ4n) is 2.91. The first kappa shape index (κ1) is 23.8. The highest BCUT2D eigenvalue weighted by atomic mass is 35.5. The van der Waals surface area contributed by atoms with Crippen LogP contribution in [0.25, 0.3) is 0 Å². The molecular weight excluding hydrogens is 414 g/mol. The summed E-state index contributed by atoms with van der Waals surface area (Å²) < 4.78 is 18.6. The molecule has 0 bridgehead atoms. The van der Waals surface area contributed by atoms with Crippen LogP contribution in [0.4, 0.5) is 10.1 Å². The molecule has 2 aromatic rings. The molecule has 3 rings (SSSR count). The predicted molar refractivity (Wildman–Crippen MR) is 113 cm³/mol. The average molecular weight is 438 g/mol. The fourth-order valence-corrected chi connectivity index (χ4v) is 3.04. The Morgan fingerprint density at radius 3 is 2.15 bits per heavy atom. The monoisotopic (exact) mass is 436 g/mol. The molecule has 1 aliphatic rings. The number of benzene rings is 2. The van der Waals surface area contributed by atoms with Gasteiger partial charge in [-0.3, -0.25) is 4.90 Å². The van der Waals surface area contributed by atoms with Crippen LogP contribution >= 0.6 is 36.4 Å². The smallest absolute Gasteiger partial charge is 0.123 e. The Hall–Kier alpha value is -1.24. The quantitative estimate of drug-likeness (QED) is 0.744. The van der Waals surface area contributed by atoms with Gasteiger partial charge >= 0.3 is 0 Å². The van der Waals surface area contributed by atoms with E-state index in [1.165, 1.54) is 12.1 Å². The van der Waals surface area contributed by atoms with Crippen molar-refractivity contribution in [3.8, 4) is 5.75 Å². The lowest BCUT2D eigenvalue weighted by Gasteiger charge is -2.36. The molecule has 150 valence electrons. The molecule has 0 aliphatic carbocycles. The summed E-state index contributed by atoms with van der Waals surface area (Å²) in [5.74, 6) is 0.482. The van der Waals surface area contributed by atoms with E-state index in [-0.39, 0.29) is 37.2 Å². The van der Waals surface area contributed by atoms with E-state index in [1.807, 2.05) is 0 Å². The summed E-state index contributed by atoms with van der Waals surface area (Å²) >= 11 is 5.83. The number of hydrogen-bond acceptors (Lipinski definition) is 4. The first-order chi connectivity index (χ1) is 12.1. The minimum atomic E-state index is -0.548. The number of nitrogens with zero attached hydrogens (tertiary/aromatic N) is 2. The molecule has 2 aromatic carbocycles. The van der Waals surface area contributed by atoms with Crippen molar-refractivity contribution in [3.63, 3.8) is 0 Å². The number of β-amino-alcohol motifs (C(OH)–C–C–N with tert-alkyl or cyclic N) is 1. The Balaban J connectivity index is 0.00000182. The second-order valence-corrected chi connectivity index (χ2v) is 6.62. The number of aliphatic hydroxyl groups is 1. The lowest BCUT2D eigenvalue weighted by Crippen LogP contribution is -2.49. The minimum absolute atomic E-state index is 0. The van der Waals surface area contributed by atoms with Crippen LogP contribution in [0.15, 0.2) is 48.5 Å². The van der Waals surface area contributed by atoms with Crippen molar-refractivity contribution in [1.29, 1.82) is 0 Å². The van der Waals surface area contributed by atoms with Gasteiger partial charge in [-0.1, -0.05) is 11.6 Å². The summed E-state index contributed by atoms with van der Waals surface area (Å²) in [4.78, 5) is 4.45. The van der Waals surface area contributed by atoms with E-state index in [1.54, 1.807) is 36.4 Å². The van der Waals surface area contributed by atoms with Crippen molar-refractivity contribution in [2.24, 2.45) is 0 Å². The number of halogens is 4. The van der Waals surface area contributed by atoms with Gasteiger partial charge in [0.15, 0.2) is 0 Å². The Bertz CT molecular complexity index is 666. The van der Waals surface area contributed by atoms with Crippen LogP contribution in [0.5, 0.6) is 5.75 Å². The fraction of sp³-hybridized carbons (Fsp3) is 0.368. The molecule has 0 saturated carbocycles. The van der Waals surface area contributed by atoms with Crippen molar-refractivity contribution >= 4 is 42.1 Å². The van der Waals surface area contributed by atoms with Gasteiger partial charge in [-0.05, 0) is 48.5 Å². The van der Waals surface area contributed by atoms with Gasteiger partial charge < -0.3 is 14.7 Å². The summed E-state index contributed by atoms with van der Waals surface area (Å²) in [6.45, 7) is 4.25. The summed E-state index contributed by atoms with van der Waals surface area (Å²) in [7, 11) is 0. The molecule has 0 aromatic heterocycles. The minimum Gasteiger partial charge on any atom is -0.491 e. The van der Waals surface area contributed by atoms with Crippen molar-refractivity contribution < 1.29 is 14.2 Å². The van der Waals surface area contributed by atoms with Crippen molar-refractivity contribution in [2.45, 2.75) is 6.10 Å². The van der Waals surface area contributed by atoms with E-state index in [0.29, 0.717) is 17.3 Å². The number of anilines is 1. The summed E-state index contributed by atoms with van der Waals surface area (Å²) in [5, 5.41) is 10.8. The summed E-state index contributed by atoms with van der Waals surface area (Å²) in [5.41, 5.74) is 1.03. The molecule has 1 fully saturated rings. The van der Waals surface area contributed by atoms with E-state index < -0.39 is 6.10 Å². The van der Waals surface area contributed by atoms with E-state index >= 15 is 0 Å². The molecule has 27 heavy (non-hydrogen) atoms. The van der Waals surface area contributed by atoms with Crippen molar-refractivity contribution in [1.82, 2.24) is 4.90 Å². The molecule has 1 saturated heterocycles. The first-order valence-electron chi connectivity index (χ1n) is 8.39. The number of piperazine rings is 1. The van der Waals surface area contributed by atoms with E-state index in [4.69, 9.17) is 16.3 Å². The zero-order chi connectivity index (χ0) is 17.6. The topological polar surface area (TPSA) is 35.9 Å².